The van der Waals surface area contributed by atoms with E-state index in [0.29, 0.717) is 38.3 Å². The van der Waals surface area contributed by atoms with Crippen LogP contribution in [0.25, 0.3) is 0 Å². The van der Waals surface area contributed by atoms with Crippen molar-refractivity contribution in [3.05, 3.63) is 35.6 Å². The van der Waals surface area contributed by atoms with E-state index in [4.69, 9.17) is 4.74 Å². The fraction of sp³-hybridized carbons (Fsp3) is 0.588. The summed E-state index contributed by atoms with van der Waals surface area (Å²) in [6, 6.07) is 5.70. The summed E-state index contributed by atoms with van der Waals surface area (Å²) in [6.45, 7) is 4.18. The molecular weight excluding hydrogens is 299 g/mol. The second kappa shape index (κ2) is 7.38. The van der Waals surface area contributed by atoms with E-state index in [0.717, 1.165) is 19.5 Å². The topological polar surface area (TPSA) is 53.0 Å². The van der Waals surface area contributed by atoms with Gasteiger partial charge in [-0.25, -0.2) is 4.39 Å². The molecule has 0 unspecified atom stereocenters. The van der Waals surface area contributed by atoms with Crippen LogP contribution in [0.3, 0.4) is 0 Å². The molecule has 0 aliphatic carbocycles. The number of hydrogen-bond acceptors (Lipinski definition) is 4. The predicted octanol–water partition coefficient (Wildman–Crippen LogP) is 1.12. The second-order valence-corrected chi connectivity index (χ2v) is 6.16. The highest BCUT2D eigenvalue weighted by atomic mass is 19.1. The largest absolute Gasteiger partial charge is 0.391 e. The number of amides is 1. The number of nitrogens with zero attached hydrogens (tertiary/aromatic N) is 2. The maximum atomic E-state index is 13.0. The van der Waals surface area contributed by atoms with Crippen LogP contribution >= 0.6 is 0 Å². The van der Waals surface area contributed by atoms with Crippen LogP contribution in [0, 0.1) is 5.82 Å². The number of hydrogen-bond donors (Lipinski definition) is 1. The zero-order valence-corrected chi connectivity index (χ0v) is 13.2. The monoisotopic (exact) mass is 322 g/mol. The summed E-state index contributed by atoms with van der Waals surface area (Å²) in [5.74, 6) is -0.444. The zero-order chi connectivity index (χ0) is 16.2. The Bertz CT molecular complexity index is 531. The summed E-state index contributed by atoms with van der Waals surface area (Å²) in [4.78, 5) is 16.6. The molecule has 6 heteroatoms. The number of benzene rings is 1. The Morgan fingerprint density at radius 1 is 1.09 bits per heavy atom. The van der Waals surface area contributed by atoms with Gasteiger partial charge in [0.25, 0.3) is 5.91 Å². The van der Waals surface area contributed by atoms with Gasteiger partial charge in [-0.05, 0) is 37.1 Å². The molecule has 0 radical (unpaired) electrons. The quantitative estimate of drug-likeness (QED) is 0.887. The lowest BCUT2D eigenvalue weighted by molar-refractivity contribution is -0.0222. The van der Waals surface area contributed by atoms with E-state index in [-0.39, 0.29) is 17.8 Å². The molecule has 1 aromatic rings. The minimum absolute atomic E-state index is 0.0740. The molecule has 23 heavy (non-hydrogen) atoms. The van der Waals surface area contributed by atoms with Crippen LogP contribution in [0.4, 0.5) is 4.39 Å². The molecule has 2 atom stereocenters. The summed E-state index contributed by atoms with van der Waals surface area (Å²) in [5, 5.41) is 10.4. The molecule has 2 aliphatic rings. The molecule has 1 amide bonds. The standard InChI is InChI=1S/C17H23FN2O3/c18-14-3-1-13(2-4-14)17(22)20-7-5-15(16(21)6-8-20)19-9-11-23-12-10-19/h1-4,15-16,21H,5-12H2/t15-,16-/m0/s1. The van der Waals surface area contributed by atoms with Crippen LogP contribution in [-0.4, -0.2) is 72.4 Å². The molecular formula is C17H23FN2O3. The van der Waals surface area contributed by atoms with Gasteiger partial charge in [0.1, 0.15) is 5.82 Å². The Morgan fingerprint density at radius 3 is 2.43 bits per heavy atom. The third-order valence-corrected chi connectivity index (χ3v) is 4.73. The van der Waals surface area contributed by atoms with Crippen molar-refractivity contribution in [2.45, 2.75) is 25.0 Å². The fourth-order valence-electron chi connectivity index (χ4n) is 3.39. The number of rotatable bonds is 2. The van der Waals surface area contributed by atoms with Gasteiger partial charge in [0.2, 0.25) is 0 Å². The smallest absolute Gasteiger partial charge is 0.253 e. The zero-order valence-electron chi connectivity index (χ0n) is 13.2. The normalized spacial score (nSPS) is 26.8. The molecule has 1 aromatic carbocycles. The maximum Gasteiger partial charge on any atom is 0.253 e. The Morgan fingerprint density at radius 2 is 1.74 bits per heavy atom. The van der Waals surface area contributed by atoms with E-state index in [1.165, 1.54) is 24.3 Å². The fourth-order valence-corrected chi connectivity index (χ4v) is 3.39. The van der Waals surface area contributed by atoms with Crippen molar-refractivity contribution in [3.8, 4) is 0 Å². The molecule has 2 saturated heterocycles. The van der Waals surface area contributed by atoms with Crippen molar-refractivity contribution >= 4 is 5.91 Å². The molecule has 1 N–H and O–H groups in total. The first kappa shape index (κ1) is 16.4. The number of halogens is 1. The first-order valence-electron chi connectivity index (χ1n) is 8.20. The number of ether oxygens (including phenoxy) is 1. The van der Waals surface area contributed by atoms with Crippen LogP contribution in [0.5, 0.6) is 0 Å². The van der Waals surface area contributed by atoms with Gasteiger partial charge in [0, 0.05) is 37.8 Å². The Labute approximate surface area is 135 Å². The predicted molar refractivity (Wildman–Crippen MR) is 83.7 cm³/mol. The summed E-state index contributed by atoms with van der Waals surface area (Å²) in [7, 11) is 0. The Kier molecular flexibility index (Phi) is 5.25. The average molecular weight is 322 g/mol. The van der Waals surface area contributed by atoms with Gasteiger partial charge in [-0.2, -0.15) is 0 Å². The van der Waals surface area contributed by atoms with E-state index in [1.807, 2.05) is 0 Å². The van der Waals surface area contributed by atoms with E-state index in [1.54, 1.807) is 4.90 Å². The summed E-state index contributed by atoms with van der Waals surface area (Å²) in [6.07, 6.45) is 0.877. The highest BCUT2D eigenvalue weighted by Crippen LogP contribution is 2.20. The van der Waals surface area contributed by atoms with E-state index in [2.05, 4.69) is 4.90 Å². The summed E-state index contributed by atoms with van der Waals surface area (Å²) >= 11 is 0. The van der Waals surface area contributed by atoms with Crippen molar-refractivity contribution in [3.63, 3.8) is 0 Å². The van der Waals surface area contributed by atoms with Crippen molar-refractivity contribution in [1.82, 2.24) is 9.80 Å². The molecule has 2 fully saturated rings. The summed E-state index contributed by atoms with van der Waals surface area (Å²) in [5.41, 5.74) is 0.491. The van der Waals surface area contributed by atoms with Gasteiger partial charge in [-0.1, -0.05) is 0 Å². The highest BCUT2D eigenvalue weighted by Gasteiger charge is 2.32. The van der Waals surface area contributed by atoms with Gasteiger partial charge < -0.3 is 14.7 Å². The molecule has 5 nitrogen and oxygen atoms in total. The maximum absolute atomic E-state index is 13.0. The molecule has 3 rings (SSSR count). The first-order chi connectivity index (χ1) is 11.1. The molecule has 0 saturated carbocycles. The van der Waals surface area contributed by atoms with Crippen molar-refractivity contribution < 1.29 is 19.0 Å². The highest BCUT2D eigenvalue weighted by molar-refractivity contribution is 5.94. The van der Waals surface area contributed by atoms with Crippen molar-refractivity contribution in [2.75, 3.05) is 39.4 Å². The molecule has 0 spiro atoms. The molecule has 2 heterocycles. The third kappa shape index (κ3) is 3.88. The van der Waals surface area contributed by atoms with Gasteiger partial charge in [-0.3, -0.25) is 9.69 Å². The number of aliphatic hydroxyl groups excluding tert-OH is 1. The lowest BCUT2D eigenvalue weighted by atomic mass is 10.0. The van der Waals surface area contributed by atoms with Crippen molar-refractivity contribution in [1.29, 1.82) is 0 Å². The number of likely N-dealkylation sites (tertiary alicyclic amines) is 1. The van der Waals surface area contributed by atoms with Gasteiger partial charge in [0.15, 0.2) is 0 Å². The average Bonchev–Trinajstić information content (AvgIpc) is 2.77. The van der Waals surface area contributed by atoms with Gasteiger partial charge in [-0.15, -0.1) is 0 Å². The molecule has 0 bridgehead atoms. The van der Waals surface area contributed by atoms with Crippen LogP contribution < -0.4 is 0 Å². The minimum Gasteiger partial charge on any atom is -0.391 e. The van der Waals surface area contributed by atoms with Crippen LogP contribution in [-0.2, 0) is 4.74 Å². The van der Waals surface area contributed by atoms with E-state index < -0.39 is 6.10 Å². The number of carbonyl (C=O) groups is 1. The lowest BCUT2D eigenvalue weighted by Crippen LogP contribution is -2.49. The molecule has 0 aromatic heterocycles. The first-order valence-corrected chi connectivity index (χ1v) is 8.20. The molecule has 2 aliphatic heterocycles. The Hall–Kier alpha value is -1.50. The number of aliphatic hydroxyl groups is 1. The second-order valence-electron chi connectivity index (χ2n) is 6.16. The van der Waals surface area contributed by atoms with Gasteiger partial charge in [0.05, 0.1) is 19.3 Å². The molecule has 126 valence electrons. The van der Waals surface area contributed by atoms with Gasteiger partial charge >= 0.3 is 0 Å². The summed E-state index contributed by atoms with van der Waals surface area (Å²) < 4.78 is 18.4. The Balaban J connectivity index is 1.64. The SMILES string of the molecule is O=C(c1ccc(F)cc1)N1CC[C@H](O)[C@@H](N2CCOCC2)CC1. The van der Waals surface area contributed by atoms with E-state index >= 15 is 0 Å². The number of morpholine rings is 1. The minimum atomic E-state index is -0.431. The van der Waals surface area contributed by atoms with Crippen LogP contribution in [0.1, 0.15) is 23.2 Å². The van der Waals surface area contributed by atoms with Crippen molar-refractivity contribution in [2.24, 2.45) is 0 Å². The van der Waals surface area contributed by atoms with E-state index in [9.17, 15) is 14.3 Å². The van der Waals surface area contributed by atoms with Crippen LogP contribution in [0.15, 0.2) is 24.3 Å². The third-order valence-electron chi connectivity index (χ3n) is 4.73. The van der Waals surface area contributed by atoms with Crippen LogP contribution in [0.2, 0.25) is 0 Å². The lowest BCUT2D eigenvalue weighted by Gasteiger charge is -2.36. The number of carbonyl (C=O) groups excluding carboxylic acids is 1.